The second-order valence-corrected chi connectivity index (χ2v) is 11.9. The maximum atomic E-state index is 5.42. The van der Waals surface area contributed by atoms with Gasteiger partial charge >= 0.3 is 0 Å². The molecule has 0 bridgehead atoms. The van der Waals surface area contributed by atoms with E-state index in [4.69, 9.17) is 6.42 Å². The normalized spacial score (nSPS) is 11.6. The molecular formula is C8H18Si2. The minimum Gasteiger partial charge on any atom is -0.135 e. The van der Waals surface area contributed by atoms with E-state index in [0.29, 0.717) is 0 Å². The van der Waals surface area contributed by atoms with Crippen LogP contribution in [-0.2, 0) is 0 Å². The van der Waals surface area contributed by atoms with Gasteiger partial charge in [-0.1, -0.05) is 32.2 Å². The quantitative estimate of drug-likeness (QED) is 0.450. The van der Waals surface area contributed by atoms with Gasteiger partial charge in [-0.3, -0.25) is 0 Å². The van der Waals surface area contributed by atoms with Crippen molar-refractivity contribution < 1.29 is 0 Å². The number of hydrogen-bond acceptors (Lipinski definition) is 0. The first kappa shape index (κ1) is 9.99. The zero-order valence-electron chi connectivity index (χ0n) is 7.57. The summed E-state index contributed by atoms with van der Waals surface area (Å²) < 4.78 is 0. The average Bonchev–Trinajstić information content (AvgIpc) is 1.85. The van der Waals surface area contributed by atoms with Crippen molar-refractivity contribution in [3.05, 3.63) is 0 Å². The summed E-state index contributed by atoms with van der Waals surface area (Å²) in [6.45, 7) is 9.34. The van der Waals surface area contributed by atoms with E-state index in [1.807, 2.05) is 0 Å². The molecule has 10 heavy (non-hydrogen) atoms. The highest BCUT2D eigenvalue weighted by molar-refractivity contribution is 6.85. The Kier molecular flexibility index (Phi) is 3.99. The van der Waals surface area contributed by atoms with Crippen molar-refractivity contribution in [3.63, 3.8) is 0 Å². The van der Waals surface area contributed by atoms with Crippen molar-refractivity contribution in [1.29, 1.82) is 0 Å². The molecule has 58 valence electrons. The van der Waals surface area contributed by atoms with E-state index in [1.165, 1.54) is 12.1 Å². The van der Waals surface area contributed by atoms with Gasteiger partial charge in [-0.25, -0.2) is 0 Å². The maximum Gasteiger partial charge on any atom is 0.131 e. The Hall–Kier alpha value is -0.00623. The van der Waals surface area contributed by atoms with Crippen molar-refractivity contribution in [2.75, 3.05) is 0 Å². The molecule has 0 atom stereocenters. The molecule has 0 unspecified atom stereocenters. The number of rotatable bonds is 3. The third kappa shape index (κ3) is 4.83. The molecule has 0 aliphatic heterocycles. The maximum absolute atomic E-state index is 5.42. The molecule has 0 saturated carbocycles. The zero-order chi connectivity index (χ0) is 8.20. The van der Waals surface area contributed by atoms with Gasteiger partial charge in [-0.05, 0) is 6.04 Å². The predicted octanol–water partition coefficient (Wildman–Crippen LogP) is 2.35. The van der Waals surface area contributed by atoms with Crippen LogP contribution in [0.15, 0.2) is 0 Å². The Labute approximate surface area is 67.7 Å². The SMILES string of the molecule is C#C[Si](C)(C)CC[SiH](C)C. The van der Waals surface area contributed by atoms with Gasteiger partial charge in [0.15, 0.2) is 0 Å². The standard InChI is InChI=1S/C8H18Si2/c1-6-10(4,5)8-7-9(2)3/h1,9H,7-8H2,2-5H3. The number of terminal acetylenes is 1. The molecule has 0 spiro atoms. The fraction of sp³-hybridized carbons (Fsp3) is 0.750. The molecule has 0 radical (unpaired) electrons. The van der Waals surface area contributed by atoms with Gasteiger partial charge in [0.25, 0.3) is 0 Å². The van der Waals surface area contributed by atoms with E-state index in [1.54, 1.807) is 0 Å². The molecule has 2 heteroatoms. The molecule has 0 heterocycles. The molecular weight excluding hydrogens is 152 g/mol. The lowest BCUT2D eigenvalue weighted by molar-refractivity contribution is 1.33. The zero-order valence-corrected chi connectivity index (χ0v) is 9.72. The first-order valence-corrected chi connectivity index (χ1v) is 10.3. The summed E-state index contributed by atoms with van der Waals surface area (Å²) in [7, 11) is -1.52. The largest absolute Gasteiger partial charge is 0.135 e. The fourth-order valence-corrected chi connectivity index (χ4v) is 6.06. The van der Waals surface area contributed by atoms with Crippen LogP contribution in [0.3, 0.4) is 0 Å². The van der Waals surface area contributed by atoms with Gasteiger partial charge in [0.2, 0.25) is 0 Å². The van der Waals surface area contributed by atoms with E-state index < -0.39 is 8.07 Å². The van der Waals surface area contributed by atoms with E-state index in [0.717, 1.165) is 0 Å². The lowest BCUT2D eigenvalue weighted by atomic mass is 10.9. The molecule has 0 nitrogen and oxygen atoms in total. The summed E-state index contributed by atoms with van der Waals surface area (Å²) >= 11 is 0. The van der Waals surface area contributed by atoms with Crippen LogP contribution in [0.1, 0.15) is 0 Å². The topological polar surface area (TPSA) is 0 Å². The fourth-order valence-electron chi connectivity index (χ4n) is 0.722. The van der Waals surface area contributed by atoms with Crippen molar-refractivity contribution in [1.82, 2.24) is 0 Å². The molecule has 0 N–H and O–H groups in total. The van der Waals surface area contributed by atoms with E-state index in [2.05, 4.69) is 31.7 Å². The second-order valence-electron chi connectivity index (χ2n) is 3.96. The smallest absolute Gasteiger partial charge is 0.131 e. The third-order valence-electron chi connectivity index (χ3n) is 1.74. The van der Waals surface area contributed by atoms with Gasteiger partial charge in [-0.15, -0.1) is 12.0 Å². The molecule has 0 aliphatic carbocycles. The van der Waals surface area contributed by atoms with Crippen LogP contribution in [-0.4, -0.2) is 16.9 Å². The molecule has 0 amide bonds. The Morgan fingerprint density at radius 1 is 1.40 bits per heavy atom. The van der Waals surface area contributed by atoms with Gasteiger partial charge in [0.1, 0.15) is 8.07 Å². The number of hydrogen-bond donors (Lipinski definition) is 0. The highest BCUT2D eigenvalue weighted by Crippen LogP contribution is 2.12. The van der Waals surface area contributed by atoms with Crippen LogP contribution in [0.25, 0.3) is 0 Å². The lowest BCUT2D eigenvalue weighted by Crippen LogP contribution is -2.24. The van der Waals surface area contributed by atoms with Gasteiger partial charge in [0, 0.05) is 8.80 Å². The Balaban J connectivity index is 3.60. The van der Waals surface area contributed by atoms with Gasteiger partial charge in [0.05, 0.1) is 0 Å². The minimum absolute atomic E-state index is 0.345. The monoisotopic (exact) mass is 170 g/mol. The van der Waals surface area contributed by atoms with Crippen LogP contribution in [0, 0.1) is 12.0 Å². The van der Waals surface area contributed by atoms with Crippen molar-refractivity contribution in [2.45, 2.75) is 38.3 Å². The lowest BCUT2D eigenvalue weighted by Gasteiger charge is -2.14. The summed E-state index contributed by atoms with van der Waals surface area (Å²) in [5.41, 5.74) is 2.96. The van der Waals surface area contributed by atoms with Crippen molar-refractivity contribution in [3.8, 4) is 12.0 Å². The Bertz CT molecular complexity index is 131. The summed E-state index contributed by atoms with van der Waals surface area (Å²) in [6, 6.07) is 2.77. The van der Waals surface area contributed by atoms with Crippen LogP contribution in [0.5, 0.6) is 0 Å². The van der Waals surface area contributed by atoms with Crippen LogP contribution < -0.4 is 0 Å². The second kappa shape index (κ2) is 4.00. The highest BCUT2D eigenvalue weighted by Gasteiger charge is 2.17. The van der Waals surface area contributed by atoms with E-state index in [9.17, 15) is 0 Å². The van der Waals surface area contributed by atoms with Crippen molar-refractivity contribution >= 4 is 16.9 Å². The van der Waals surface area contributed by atoms with Gasteiger partial charge < -0.3 is 0 Å². The molecule has 0 aromatic heterocycles. The van der Waals surface area contributed by atoms with Gasteiger partial charge in [-0.2, -0.15) is 0 Å². The summed E-state index contributed by atoms with van der Waals surface area (Å²) in [6.07, 6.45) is 5.42. The highest BCUT2D eigenvalue weighted by atomic mass is 28.3. The molecule has 0 aromatic rings. The molecule has 0 aromatic carbocycles. The van der Waals surface area contributed by atoms with E-state index >= 15 is 0 Å². The Morgan fingerprint density at radius 2 is 1.90 bits per heavy atom. The molecule has 0 saturated heterocycles. The predicted molar refractivity (Wildman–Crippen MR) is 54.8 cm³/mol. The average molecular weight is 170 g/mol. The molecule has 0 rings (SSSR count). The summed E-state index contributed by atoms with van der Waals surface area (Å²) in [4.78, 5) is 0. The molecule has 0 aliphatic rings. The van der Waals surface area contributed by atoms with Crippen LogP contribution in [0.4, 0.5) is 0 Å². The molecule has 0 fully saturated rings. The van der Waals surface area contributed by atoms with E-state index in [-0.39, 0.29) is 8.80 Å². The van der Waals surface area contributed by atoms with Crippen LogP contribution >= 0.6 is 0 Å². The van der Waals surface area contributed by atoms with Crippen LogP contribution in [0.2, 0.25) is 38.3 Å². The first-order valence-electron chi connectivity index (χ1n) is 3.96. The minimum atomic E-state index is -1.18. The third-order valence-corrected chi connectivity index (χ3v) is 6.08. The van der Waals surface area contributed by atoms with Crippen molar-refractivity contribution in [2.24, 2.45) is 0 Å². The summed E-state index contributed by atoms with van der Waals surface area (Å²) in [5.74, 6) is 0. The Morgan fingerprint density at radius 3 is 2.20 bits per heavy atom. The summed E-state index contributed by atoms with van der Waals surface area (Å²) in [5, 5.41) is 0. The first-order chi connectivity index (χ1) is 4.48.